The number of H-pyrrole nitrogens is 1. The molecular formula is C22H22N4O2. The lowest BCUT2D eigenvalue weighted by Gasteiger charge is -2.19. The molecule has 0 bridgehead atoms. The Kier molecular flexibility index (Phi) is 4.93. The molecular weight excluding hydrogens is 352 g/mol. The van der Waals surface area contributed by atoms with Gasteiger partial charge in [0.25, 0.3) is 5.91 Å². The number of benzene rings is 2. The molecule has 1 aliphatic heterocycles. The molecule has 0 spiro atoms. The minimum absolute atomic E-state index is 0.0450. The van der Waals surface area contributed by atoms with Gasteiger partial charge in [0, 0.05) is 36.3 Å². The smallest absolute Gasteiger partial charge is 0.254 e. The summed E-state index contributed by atoms with van der Waals surface area (Å²) in [5.74, 6) is 0.676. The molecule has 0 unspecified atom stereocenters. The normalized spacial score (nSPS) is 13.0. The molecule has 6 heteroatoms. The minimum Gasteiger partial charge on any atom is -0.493 e. The van der Waals surface area contributed by atoms with Crippen LogP contribution in [-0.4, -0.2) is 47.4 Å². The van der Waals surface area contributed by atoms with Gasteiger partial charge in [-0.1, -0.05) is 12.1 Å². The molecule has 0 saturated carbocycles. The van der Waals surface area contributed by atoms with Gasteiger partial charge < -0.3 is 9.64 Å². The van der Waals surface area contributed by atoms with Crippen molar-refractivity contribution in [2.45, 2.75) is 13.5 Å². The summed E-state index contributed by atoms with van der Waals surface area (Å²) in [6.45, 7) is 3.64. The molecule has 1 aromatic heterocycles. The number of allylic oxidation sites excluding steroid dienone is 1. The number of nitrogens with one attached hydrogen (secondary N) is 1. The molecule has 1 aliphatic rings. The zero-order chi connectivity index (χ0) is 19.5. The van der Waals surface area contributed by atoms with E-state index in [2.05, 4.69) is 15.2 Å². The van der Waals surface area contributed by atoms with Crippen LogP contribution in [0.25, 0.3) is 16.5 Å². The molecule has 142 valence electrons. The number of aliphatic imine (C=N–C) groups is 1. The van der Waals surface area contributed by atoms with Crippen molar-refractivity contribution in [3.05, 3.63) is 65.4 Å². The first-order valence-electron chi connectivity index (χ1n) is 9.29. The Morgan fingerprint density at radius 1 is 1.25 bits per heavy atom. The molecule has 6 nitrogen and oxygen atoms in total. The van der Waals surface area contributed by atoms with Crippen LogP contribution in [0.15, 0.2) is 53.7 Å². The van der Waals surface area contributed by atoms with Crippen LogP contribution >= 0.6 is 0 Å². The van der Waals surface area contributed by atoms with E-state index in [0.29, 0.717) is 25.3 Å². The van der Waals surface area contributed by atoms with Gasteiger partial charge in [0.1, 0.15) is 5.75 Å². The van der Waals surface area contributed by atoms with Crippen LogP contribution in [0, 0.1) is 0 Å². The Balaban J connectivity index is 1.55. The molecule has 0 radical (unpaired) electrons. The van der Waals surface area contributed by atoms with E-state index in [1.807, 2.05) is 56.4 Å². The predicted molar refractivity (Wildman–Crippen MR) is 111 cm³/mol. The first-order valence-corrected chi connectivity index (χ1v) is 9.29. The summed E-state index contributed by atoms with van der Waals surface area (Å²) in [6, 6.07) is 11.7. The van der Waals surface area contributed by atoms with E-state index >= 15 is 0 Å². The van der Waals surface area contributed by atoms with Crippen molar-refractivity contribution in [1.82, 2.24) is 15.1 Å². The standard InChI is InChI=1S/C22H22N4O2/c1-3-28-21-11-16(5-6-19(21)17-8-9-23-12-17)22(27)26(2)14-15-4-7-20-18(10-15)13-24-25-20/h4-11,13H,3,12,14H2,1-2H3,(H,24,25). The fourth-order valence-corrected chi connectivity index (χ4v) is 3.37. The van der Waals surface area contributed by atoms with Crippen molar-refractivity contribution in [2.75, 3.05) is 20.2 Å². The number of rotatable bonds is 6. The number of ether oxygens (including phenoxy) is 1. The van der Waals surface area contributed by atoms with Crippen molar-refractivity contribution in [2.24, 2.45) is 4.99 Å². The quantitative estimate of drug-likeness (QED) is 0.715. The number of aromatic amines is 1. The predicted octanol–water partition coefficient (Wildman–Crippen LogP) is 3.70. The zero-order valence-electron chi connectivity index (χ0n) is 16.0. The van der Waals surface area contributed by atoms with Crippen LogP contribution in [0.4, 0.5) is 0 Å². The first kappa shape index (κ1) is 18.0. The molecule has 1 N–H and O–H groups in total. The zero-order valence-corrected chi connectivity index (χ0v) is 16.0. The molecule has 0 saturated heterocycles. The fraction of sp³-hybridized carbons (Fsp3) is 0.227. The summed E-state index contributed by atoms with van der Waals surface area (Å²) in [5, 5.41) is 8.01. The fourth-order valence-electron chi connectivity index (χ4n) is 3.37. The molecule has 0 atom stereocenters. The lowest BCUT2D eigenvalue weighted by molar-refractivity contribution is 0.0784. The van der Waals surface area contributed by atoms with Crippen molar-refractivity contribution < 1.29 is 9.53 Å². The highest BCUT2D eigenvalue weighted by Crippen LogP contribution is 2.29. The van der Waals surface area contributed by atoms with Gasteiger partial charge in [-0.2, -0.15) is 5.10 Å². The summed E-state index contributed by atoms with van der Waals surface area (Å²) >= 11 is 0. The van der Waals surface area contributed by atoms with Gasteiger partial charge in [0.15, 0.2) is 0 Å². The second-order valence-corrected chi connectivity index (χ2v) is 6.78. The minimum atomic E-state index is -0.0450. The van der Waals surface area contributed by atoms with Gasteiger partial charge in [-0.15, -0.1) is 0 Å². The van der Waals surface area contributed by atoms with Crippen LogP contribution in [0.3, 0.4) is 0 Å². The second kappa shape index (κ2) is 7.68. The maximum Gasteiger partial charge on any atom is 0.254 e. The molecule has 0 aliphatic carbocycles. The van der Waals surface area contributed by atoms with Crippen LogP contribution in [0.1, 0.15) is 28.4 Å². The molecule has 28 heavy (non-hydrogen) atoms. The van der Waals surface area contributed by atoms with Crippen LogP contribution in [-0.2, 0) is 6.54 Å². The lowest BCUT2D eigenvalue weighted by Crippen LogP contribution is -2.26. The number of nitrogens with zero attached hydrogens (tertiary/aromatic N) is 3. The molecule has 2 aromatic carbocycles. The highest BCUT2D eigenvalue weighted by atomic mass is 16.5. The Morgan fingerprint density at radius 3 is 2.93 bits per heavy atom. The number of hydrogen-bond acceptors (Lipinski definition) is 4. The van der Waals surface area contributed by atoms with Crippen molar-refractivity contribution in [1.29, 1.82) is 0 Å². The third-order valence-electron chi connectivity index (χ3n) is 4.79. The summed E-state index contributed by atoms with van der Waals surface area (Å²) in [7, 11) is 1.81. The van der Waals surface area contributed by atoms with Gasteiger partial charge >= 0.3 is 0 Å². The lowest BCUT2D eigenvalue weighted by atomic mass is 10.0. The Labute approximate surface area is 163 Å². The van der Waals surface area contributed by atoms with E-state index in [0.717, 1.165) is 33.4 Å². The van der Waals surface area contributed by atoms with Crippen molar-refractivity contribution in [3.8, 4) is 5.75 Å². The van der Waals surface area contributed by atoms with Crippen LogP contribution in [0.5, 0.6) is 5.75 Å². The summed E-state index contributed by atoms with van der Waals surface area (Å²) in [4.78, 5) is 18.9. The summed E-state index contributed by atoms with van der Waals surface area (Å²) in [5.41, 5.74) is 4.74. The van der Waals surface area contributed by atoms with E-state index in [9.17, 15) is 4.79 Å². The molecule has 3 aromatic rings. The van der Waals surface area contributed by atoms with E-state index in [-0.39, 0.29) is 5.91 Å². The first-order chi connectivity index (χ1) is 13.7. The van der Waals surface area contributed by atoms with Crippen LogP contribution in [0.2, 0.25) is 0 Å². The second-order valence-electron chi connectivity index (χ2n) is 6.78. The van der Waals surface area contributed by atoms with E-state index in [4.69, 9.17) is 4.74 Å². The largest absolute Gasteiger partial charge is 0.493 e. The SMILES string of the molecule is CCOc1cc(C(=O)N(C)Cc2ccc3[nH]ncc3c2)ccc1C1=CC=NC1. The average molecular weight is 374 g/mol. The molecule has 0 fully saturated rings. The highest BCUT2D eigenvalue weighted by Gasteiger charge is 2.17. The van der Waals surface area contributed by atoms with Gasteiger partial charge in [-0.05, 0) is 48.4 Å². The Morgan fingerprint density at radius 2 is 2.14 bits per heavy atom. The topological polar surface area (TPSA) is 70.6 Å². The number of carbonyl (C=O) groups is 1. The number of aromatic nitrogens is 2. The molecule has 1 amide bonds. The van der Waals surface area contributed by atoms with Gasteiger partial charge in [-0.25, -0.2) is 0 Å². The summed E-state index contributed by atoms with van der Waals surface area (Å²) < 4.78 is 5.80. The van der Waals surface area contributed by atoms with E-state index < -0.39 is 0 Å². The number of carbonyl (C=O) groups excluding carboxylic acids is 1. The number of amides is 1. The number of fused-ring (bicyclic) bond motifs is 1. The summed E-state index contributed by atoms with van der Waals surface area (Å²) in [6.07, 6.45) is 5.57. The monoisotopic (exact) mass is 374 g/mol. The van der Waals surface area contributed by atoms with Gasteiger partial charge in [0.05, 0.1) is 24.9 Å². The third kappa shape index (κ3) is 3.53. The average Bonchev–Trinajstić information content (AvgIpc) is 3.39. The Bertz CT molecular complexity index is 1080. The van der Waals surface area contributed by atoms with E-state index in [1.165, 1.54) is 0 Å². The Hall–Kier alpha value is -3.41. The van der Waals surface area contributed by atoms with Gasteiger partial charge in [-0.3, -0.25) is 14.9 Å². The van der Waals surface area contributed by atoms with E-state index in [1.54, 1.807) is 17.3 Å². The van der Waals surface area contributed by atoms with Gasteiger partial charge in [0.2, 0.25) is 0 Å². The maximum absolute atomic E-state index is 13.0. The third-order valence-corrected chi connectivity index (χ3v) is 4.79. The maximum atomic E-state index is 13.0. The van der Waals surface area contributed by atoms with Crippen molar-refractivity contribution in [3.63, 3.8) is 0 Å². The molecule has 2 heterocycles. The molecule has 4 rings (SSSR count). The van der Waals surface area contributed by atoms with Crippen LogP contribution < -0.4 is 4.74 Å². The van der Waals surface area contributed by atoms with Crippen molar-refractivity contribution >= 4 is 28.6 Å². The highest BCUT2D eigenvalue weighted by molar-refractivity contribution is 5.96. The number of hydrogen-bond donors (Lipinski definition) is 1.